The van der Waals surface area contributed by atoms with Gasteiger partial charge in [-0.1, -0.05) is 53.3 Å². The van der Waals surface area contributed by atoms with E-state index in [1.165, 1.54) is 0 Å². The van der Waals surface area contributed by atoms with Crippen molar-refractivity contribution in [3.05, 3.63) is 31.1 Å². The lowest BCUT2D eigenvalue weighted by Crippen LogP contribution is -1.77. The van der Waals surface area contributed by atoms with Gasteiger partial charge in [0.1, 0.15) is 0 Å². The second-order valence-electron chi connectivity index (χ2n) is 2.24. The highest BCUT2D eigenvalue weighted by Gasteiger charge is 2.24. The molecule has 0 saturated carbocycles. The third-order valence-corrected chi connectivity index (χ3v) is 3.99. The van der Waals surface area contributed by atoms with Gasteiger partial charge in [0, 0.05) is 5.57 Å². The lowest BCUT2D eigenvalue weighted by atomic mass is 10.3. The van der Waals surface area contributed by atoms with Crippen molar-refractivity contribution in [1.29, 1.82) is 0 Å². The van der Waals surface area contributed by atoms with Crippen LogP contribution in [0.5, 0.6) is 0 Å². The molecule has 72 valence electrons. The monoisotopic (exact) mass is 274 g/mol. The Labute approximate surface area is 102 Å². The van der Waals surface area contributed by atoms with Crippen LogP contribution < -0.4 is 0 Å². The zero-order chi connectivity index (χ0) is 10.0. The lowest BCUT2D eigenvalue weighted by molar-refractivity contribution is 1.53. The van der Waals surface area contributed by atoms with Gasteiger partial charge in [-0.2, -0.15) is 0 Å². The molecule has 0 bridgehead atoms. The molecule has 0 atom stereocenters. The van der Waals surface area contributed by atoms with E-state index in [-0.39, 0.29) is 0 Å². The van der Waals surface area contributed by atoms with Crippen LogP contribution in [0.2, 0.25) is 0 Å². The third-order valence-electron chi connectivity index (χ3n) is 1.42. The minimum Gasteiger partial charge on any atom is -0.134 e. The predicted octanol–water partition coefficient (Wildman–Crippen LogP) is 5.02. The van der Waals surface area contributed by atoms with Crippen molar-refractivity contribution in [2.45, 2.75) is 6.92 Å². The summed E-state index contributed by atoms with van der Waals surface area (Å²) in [7, 11) is 0. The molecular weight excluding hydrogens is 270 g/mol. The van der Waals surface area contributed by atoms with Crippen LogP contribution in [-0.4, -0.2) is 5.75 Å². The Bertz CT molecular complexity index is 288. The summed E-state index contributed by atoms with van der Waals surface area (Å²) >= 11 is 25.0. The molecule has 0 unspecified atom stereocenters. The van der Waals surface area contributed by atoms with Gasteiger partial charge in [0.05, 0.1) is 20.1 Å². The van der Waals surface area contributed by atoms with E-state index in [9.17, 15) is 0 Å². The molecule has 1 aliphatic rings. The Morgan fingerprint density at radius 3 is 1.85 bits per heavy atom. The Morgan fingerprint density at radius 2 is 1.46 bits per heavy atom. The normalized spacial score (nSPS) is 17.5. The van der Waals surface area contributed by atoms with Gasteiger partial charge in [-0.3, -0.25) is 0 Å². The van der Waals surface area contributed by atoms with E-state index >= 15 is 0 Å². The van der Waals surface area contributed by atoms with Crippen molar-refractivity contribution in [3.63, 3.8) is 0 Å². The van der Waals surface area contributed by atoms with Crippen molar-refractivity contribution in [1.82, 2.24) is 0 Å². The van der Waals surface area contributed by atoms with Crippen LogP contribution in [0.1, 0.15) is 6.92 Å². The SMILES string of the molecule is CCSC=C1C(Cl)=C(Cl)C(Cl)=C1Cl. The van der Waals surface area contributed by atoms with Gasteiger partial charge in [-0.25, -0.2) is 0 Å². The molecule has 5 heteroatoms. The topological polar surface area (TPSA) is 0 Å². The molecule has 0 N–H and O–H groups in total. The first-order valence-electron chi connectivity index (χ1n) is 3.53. The van der Waals surface area contributed by atoms with Gasteiger partial charge in [0.15, 0.2) is 0 Å². The average molecular weight is 276 g/mol. The van der Waals surface area contributed by atoms with E-state index < -0.39 is 0 Å². The van der Waals surface area contributed by atoms with E-state index in [2.05, 4.69) is 0 Å². The first kappa shape index (κ1) is 11.8. The maximum Gasteiger partial charge on any atom is 0.0800 e. The van der Waals surface area contributed by atoms with Crippen LogP contribution in [0, 0.1) is 0 Å². The zero-order valence-corrected chi connectivity index (χ0v) is 10.5. The fourth-order valence-corrected chi connectivity index (χ4v) is 2.52. The van der Waals surface area contributed by atoms with Gasteiger partial charge in [-0.15, -0.1) is 11.8 Å². The maximum atomic E-state index is 5.91. The molecular formula is C8H6Cl4S. The van der Waals surface area contributed by atoms with Gasteiger partial charge in [-0.05, 0) is 11.2 Å². The number of thioether (sulfide) groups is 1. The van der Waals surface area contributed by atoms with Crippen LogP contribution in [0.3, 0.4) is 0 Å². The van der Waals surface area contributed by atoms with Gasteiger partial charge in [0.2, 0.25) is 0 Å². The van der Waals surface area contributed by atoms with Crippen molar-refractivity contribution >= 4 is 58.2 Å². The molecule has 1 aliphatic carbocycles. The highest BCUT2D eigenvalue weighted by Crippen LogP contribution is 2.45. The summed E-state index contributed by atoms with van der Waals surface area (Å²) in [5.74, 6) is 0.951. The fraction of sp³-hybridized carbons (Fsp3) is 0.250. The second kappa shape index (κ2) is 4.99. The average Bonchev–Trinajstić information content (AvgIpc) is 2.30. The van der Waals surface area contributed by atoms with Crippen molar-refractivity contribution in [3.8, 4) is 0 Å². The third kappa shape index (κ3) is 2.40. The zero-order valence-electron chi connectivity index (χ0n) is 6.70. The number of allylic oxidation sites excluding steroid dienone is 5. The van der Waals surface area contributed by atoms with E-state index in [1.807, 2.05) is 12.3 Å². The Balaban J connectivity index is 3.02. The molecule has 0 aromatic heterocycles. The highest BCUT2D eigenvalue weighted by molar-refractivity contribution is 8.02. The summed E-state index contributed by atoms with van der Waals surface area (Å²) in [6, 6.07) is 0. The van der Waals surface area contributed by atoms with E-state index in [0.717, 1.165) is 5.75 Å². The van der Waals surface area contributed by atoms with E-state index in [4.69, 9.17) is 46.4 Å². The summed E-state index contributed by atoms with van der Waals surface area (Å²) < 4.78 is 0. The highest BCUT2D eigenvalue weighted by atomic mass is 35.5. The molecule has 0 nitrogen and oxygen atoms in total. The number of hydrogen-bond acceptors (Lipinski definition) is 1. The predicted molar refractivity (Wildman–Crippen MR) is 63.7 cm³/mol. The standard InChI is InChI=1S/C8H6Cl4S/c1-2-13-3-4-5(9)7(11)8(12)6(4)10/h3H,2H2,1H3. The molecule has 0 fully saturated rings. The lowest BCUT2D eigenvalue weighted by Gasteiger charge is -1.97. The van der Waals surface area contributed by atoms with Gasteiger partial charge in [0.25, 0.3) is 0 Å². The molecule has 0 radical (unpaired) electrons. The molecule has 0 saturated heterocycles. The van der Waals surface area contributed by atoms with Gasteiger partial charge >= 0.3 is 0 Å². The van der Waals surface area contributed by atoms with Crippen molar-refractivity contribution in [2.75, 3.05) is 5.75 Å². The molecule has 13 heavy (non-hydrogen) atoms. The Kier molecular flexibility index (Phi) is 4.53. The smallest absolute Gasteiger partial charge is 0.0800 e. The molecule has 0 amide bonds. The Morgan fingerprint density at radius 1 is 1.00 bits per heavy atom. The van der Waals surface area contributed by atoms with E-state index in [1.54, 1.807) is 11.8 Å². The number of halogens is 4. The maximum absolute atomic E-state index is 5.91. The van der Waals surface area contributed by atoms with Crippen LogP contribution >= 0.6 is 58.2 Å². The van der Waals surface area contributed by atoms with Gasteiger partial charge < -0.3 is 0 Å². The fourth-order valence-electron chi connectivity index (χ4n) is 0.796. The van der Waals surface area contributed by atoms with Crippen LogP contribution in [0.15, 0.2) is 31.1 Å². The molecule has 1 rings (SSSR count). The first-order chi connectivity index (χ1) is 6.09. The number of rotatable bonds is 2. The quantitative estimate of drug-likeness (QED) is 0.682. The summed E-state index contributed by atoms with van der Waals surface area (Å²) in [6.07, 6.45) is 0. The molecule has 0 heterocycles. The van der Waals surface area contributed by atoms with Crippen molar-refractivity contribution in [2.24, 2.45) is 0 Å². The Hall–Kier alpha value is 0.730. The number of hydrogen-bond donors (Lipinski definition) is 0. The summed E-state index contributed by atoms with van der Waals surface area (Å²) in [4.78, 5) is 0. The molecule has 0 aliphatic heterocycles. The minimum atomic E-state index is 0.330. The summed E-state index contributed by atoms with van der Waals surface area (Å²) in [6.45, 7) is 2.04. The van der Waals surface area contributed by atoms with Crippen LogP contribution in [-0.2, 0) is 0 Å². The van der Waals surface area contributed by atoms with Crippen molar-refractivity contribution < 1.29 is 0 Å². The summed E-state index contributed by atoms with van der Waals surface area (Å²) in [5.41, 5.74) is 0.713. The largest absolute Gasteiger partial charge is 0.134 e. The molecule has 0 aromatic rings. The minimum absolute atomic E-state index is 0.330. The summed E-state index contributed by atoms with van der Waals surface area (Å²) in [5, 5.41) is 3.38. The van der Waals surface area contributed by atoms with Crippen LogP contribution in [0.25, 0.3) is 0 Å². The molecule has 0 spiro atoms. The first-order valence-corrected chi connectivity index (χ1v) is 6.09. The van der Waals surface area contributed by atoms with E-state index in [0.29, 0.717) is 25.7 Å². The molecule has 0 aromatic carbocycles. The van der Waals surface area contributed by atoms with Crippen LogP contribution in [0.4, 0.5) is 0 Å². The second-order valence-corrected chi connectivity index (χ2v) is 4.90.